The number of nitrogens with one attached hydrogen (secondary N) is 2. The summed E-state index contributed by atoms with van der Waals surface area (Å²) < 4.78 is 51.2. The molecule has 128 valence electrons. The van der Waals surface area contributed by atoms with Crippen LogP contribution in [0.25, 0.3) is 0 Å². The molecule has 2 amide bonds. The highest BCUT2D eigenvalue weighted by atomic mass is 19.4. The molecule has 0 saturated heterocycles. The van der Waals surface area contributed by atoms with E-state index in [4.69, 9.17) is 5.11 Å². The normalized spacial score (nSPS) is 11.2. The average molecular weight is 342 g/mol. The van der Waals surface area contributed by atoms with Crippen molar-refractivity contribution < 1.29 is 27.5 Å². The van der Waals surface area contributed by atoms with E-state index in [9.17, 15) is 22.4 Å². The van der Waals surface area contributed by atoms with Crippen LogP contribution in [-0.4, -0.2) is 17.7 Å². The van der Waals surface area contributed by atoms with Gasteiger partial charge >= 0.3 is 12.2 Å². The van der Waals surface area contributed by atoms with Crippen molar-refractivity contribution in [2.45, 2.75) is 12.6 Å². The van der Waals surface area contributed by atoms with E-state index in [1.807, 2.05) is 0 Å². The molecule has 24 heavy (non-hydrogen) atoms. The van der Waals surface area contributed by atoms with E-state index in [-0.39, 0.29) is 12.3 Å². The zero-order chi connectivity index (χ0) is 17.7. The molecular weight excluding hydrogens is 328 g/mol. The maximum Gasteiger partial charge on any atom is 0.419 e. The number of hydrogen-bond acceptors (Lipinski definition) is 2. The first kappa shape index (κ1) is 17.7. The van der Waals surface area contributed by atoms with Crippen LogP contribution in [0.1, 0.15) is 11.1 Å². The number of aliphatic hydroxyl groups excluding tert-OH is 1. The molecule has 0 saturated carbocycles. The molecule has 4 nitrogen and oxygen atoms in total. The van der Waals surface area contributed by atoms with Crippen molar-refractivity contribution in [1.82, 2.24) is 0 Å². The predicted molar refractivity (Wildman–Crippen MR) is 81.3 cm³/mol. The second-order valence-electron chi connectivity index (χ2n) is 4.90. The number of carbonyl (C=O) groups excluding carboxylic acids is 1. The summed E-state index contributed by atoms with van der Waals surface area (Å²) in [4.78, 5) is 11.9. The molecule has 0 bridgehead atoms. The number of benzene rings is 2. The molecule has 0 aliphatic heterocycles. The van der Waals surface area contributed by atoms with Crippen LogP contribution in [0, 0.1) is 5.82 Å². The maximum atomic E-state index is 13.2. The Morgan fingerprint density at radius 2 is 1.79 bits per heavy atom. The van der Waals surface area contributed by atoms with Crippen LogP contribution in [0.2, 0.25) is 0 Å². The Bertz CT molecular complexity index is 732. The molecule has 2 rings (SSSR count). The summed E-state index contributed by atoms with van der Waals surface area (Å²) in [6.45, 7) is -0.118. The van der Waals surface area contributed by atoms with Gasteiger partial charge in [-0.3, -0.25) is 0 Å². The van der Waals surface area contributed by atoms with Crippen LogP contribution >= 0.6 is 0 Å². The summed E-state index contributed by atoms with van der Waals surface area (Å²) in [5.41, 5.74) is -0.561. The second kappa shape index (κ2) is 7.31. The molecule has 0 aliphatic rings. The molecule has 0 aromatic heterocycles. The Balaban J connectivity index is 2.14. The van der Waals surface area contributed by atoms with E-state index in [0.717, 1.165) is 6.07 Å². The standard InChI is InChI=1S/C16H14F4N2O2/c17-13-6-5-11(9-12(13)16(18,19)20)21-15(24)22-14-4-2-1-3-10(14)7-8-23/h1-6,9,23H,7-8H2,(H2,21,22,24). The van der Waals surface area contributed by atoms with Gasteiger partial charge in [0.2, 0.25) is 0 Å². The van der Waals surface area contributed by atoms with Crippen LogP contribution in [0.5, 0.6) is 0 Å². The molecule has 0 aliphatic carbocycles. The SMILES string of the molecule is O=C(Nc1ccc(F)c(C(F)(F)F)c1)Nc1ccccc1CCO. The number of halogens is 4. The molecular formula is C16H14F4N2O2. The van der Waals surface area contributed by atoms with Crippen molar-refractivity contribution in [3.63, 3.8) is 0 Å². The van der Waals surface area contributed by atoms with E-state index in [1.165, 1.54) is 0 Å². The van der Waals surface area contributed by atoms with Gasteiger partial charge in [-0.25, -0.2) is 9.18 Å². The molecule has 0 fully saturated rings. The van der Waals surface area contributed by atoms with E-state index < -0.39 is 23.6 Å². The Hall–Kier alpha value is -2.61. The van der Waals surface area contributed by atoms with Crippen molar-refractivity contribution in [3.8, 4) is 0 Å². The number of para-hydroxylation sites is 1. The minimum Gasteiger partial charge on any atom is -0.396 e. The lowest BCUT2D eigenvalue weighted by molar-refractivity contribution is -0.139. The highest BCUT2D eigenvalue weighted by Gasteiger charge is 2.34. The molecule has 8 heteroatoms. The smallest absolute Gasteiger partial charge is 0.396 e. The number of carbonyl (C=O) groups is 1. The van der Waals surface area contributed by atoms with Crippen molar-refractivity contribution in [2.75, 3.05) is 17.2 Å². The molecule has 0 spiro atoms. The highest BCUT2D eigenvalue weighted by Crippen LogP contribution is 2.33. The van der Waals surface area contributed by atoms with Gasteiger partial charge in [0.05, 0.1) is 5.56 Å². The van der Waals surface area contributed by atoms with Gasteiger partial charge in [-0.2, -0.15) is 13.2 Å². The van der Waals surface area contributed by atoms with Gasteiger partial charge in [0.1, 0.15) is 5.82 Å². The molecule has 3 N–H and O–H groups in total. The van der Waals surface area contributed by atoms with Crippen LogP contribution in [0.15, 0.2) is 42.5 Å². The van der Waals surface area contributed by atoms with Gasteiger partial charge in [0.15, 0.2) is 0 Å². The lowest BCUT2D eigenvalue weighted by atomic mass is 10.1. The van der Waals surface area contributed by atoms with Crippen molar-refractivity contribution in [1.29, 1.82) is 0 Å². The fraction of sp³-hybridized carbons (Fsp3) is 0.188. The van der Waals surface area contributed by atoms with E-state index in [2.05, 4.69) is 10.6 Å². The number of alkyl halides is 3. The van der Waals surface area contributed by atoms with Gasteiger partial charge < -0.3 is 15.7 Å². The minimum absolute atomic E-state index is 0.118. The molecule has 2 aromatic carbocycles. The third-order valence-electron chi connectivity index (χ3n) is 3.18. The number of rotatable bonds is 4. The lowest BCUT2D eigenvalue weighted by Gasteiger charge is -2.13. The number of urea groups is 1. The van der Waals surface area contributed by atoms with Gasteiger partial charge in [-0.1, -0.05) is 18.2 Å². The average Bonchev–Trinajstić information content (AvgIpc) is 2.50. The highest BCUT2D eigenvalue weighted by molar-refractivity contribution is 6.00. The number of amides is 2. The topological polar surface area (TPSA) is 61.4 Å². The summed E-state index contributed by atoms with van der Waals surface area (Å²) >= 11 is 0. The number of hydrogen-bond donors (Lipinski definition) is 3. The zero-order valence-corrected chi connectivity index (χ0v) is 12.3. The number of aliphatic hydroxyl groups is 1. The predicted octanol–water partition coefficient (Wildman–Crippen LogP) is 4.02. The minimum atomic E-state index is -4.86. The fourth-order valence-corrected chi connectivity index (χ4v) is 2.09. The molecule has 0 atom stereocenters. The first-order valence-electron chi connectivity index (χ1n) is 6.95. The summed E-state index contributed by atoms with van der Waals surface area (Å²) in [5.74, 6) is -1.42. The Morgan fingerprint density at radius 1 is 1.08 bits per heavy atom. The first-order valence-corrected chi connectivity index (χ1v) is 6.95. The van der Waals surface area contributed by atoms with E-state index in [0.29, 0.717) is 29.8 Å². The maximum absolute atomic E-state index is 13.2. The van der Waals surface area contributed by atoms with E-state index >= 15 is 0 Å². The molecule has 0 unspecified atom stereocenters. The van der Waals surface area contributed by atoms with E-state index in [1.54, 1.807) is 24.3 Å². The first-order chi connectivity index (χ1) is 11.3. The summed E-state index contributed by atoms with van der Waals surface area (Å²) in [6.07, 6.45) is -4.54. The van der Waals surface area contributed by atoms with Crippen molar-refractivity contribution in [2.24, 2.45) is 0 Å². The largest absolute Gasteiger partial charge is 0.419 e. The second-order valence-corrected chi connectivity index (χ2v) is 4.90. The Morgan fingerprint density at radius 3 is 2.46 bits per heavy atom. The third kappa shape index (κ3) is 4.45. The van der Waals surface area contributed by atoms with Crippen LogP contribution in [-0.2, 0) is 12.6 Å². The lowest BCUT2D eigenvalue weighted by Crippen LogP contribution is -2.21. The molecule has 2 aromatic rings. The summed E-state index contributed by atoms with van der Waals surface area (Å²) in [7, 11) is 0. The van der Waals surface area contributed by atoms with Gasteiger partial charge in [-0.05, 0) is 36.2 Å². The Labute approximate surface area is 135 Å². The van der Waals surface area contributed by atoms with Crippen LogP contribution < -0.4 is 10.6 Å². The fourth-order valence-electron chi connectivity index (χ4n) is 2.09. The van der Waals surface area contributed by atoms with Gasteiger partial charge in [0, 0.05) is 18.0 Å². The van der Waals surface area contributed by atoms with Gasteiger partial charge in [-0.15, -0.1) is 0 Å². The van der Waals surface area contributed by atoms with Crippen LogP contribution in [0.3, 0.4) is 0 Å². The van der Waals surface area contributed by atoms with Crippen molar-refractivity contribution >= 4 is 17.4 Å². The summed E-state index contributed by atoms with van der Waals surface area (Å²) in [5, 5.41) is 13.7. The quantitative estimate of drug-likeness (QED) is 0.735. The third-order valence-corrected chi connectivity index (χ3v) is 3.18. The van der Waals surface area contributed by atoms with Gasteiger partial charge in [0.25, 0.3) is 0 Å². The molecule has 0 radical (unpaired) electrons. The van der Waals surface area contributed by atoms with Crippen molar-refractivity contribution in [3.05, 3.63) is 59.4 Å². The van der Waals surface area contributed by atoms with Crippen LogP contribution in [0.4, 0.5) is 33.7 Å². The zero-order valence-electron chi connectivity index (χ0n) is 12.3. The molecule has 0 heterocycles. The Kier molecular flexibility index (Phi) is 5.40. The monoisotopic (exact) mass is 342 g/mol. The number of anilines is 2. The summed E-state index contributed by atoms with van der Waals surface area (Å²) in [6, 6.07) is 8.10.